The third kappa shape index (κ3) is 2.68. The molecule has 0 aromatic carbocycles. The van der Waals surface area contributed by atoms with Gasteiger partial charge >= 0.3 is 0 Å². The van der Waals surface area contributed by atoms with Crippen molar-refractivity contribution in [3.63, 3.8) is 0 Å². The predicted molar refractivity (Wildman–Crippen MR) is 75.8 cm³/mol. The van der Waals surface area contributed by atoms with Gasteiger partial charge in [0.1, 0.15) is 5.82 Å². The molecule has 2 N–H and O–H groups in total. The van der Waals surface area contributed by atoms with Crippen molar-refractivity contribution in [2.75, 3.05) is 11.9 Å². The topological polar surface area (TPSA) is 62.2 Å². The second-order valence-corrected chi connectivity index (χ2v) is 5.48. The molecule has 0 spiro atoms. The predicted octanol–water partition coefficient (Wildman–Crippen LogP) is 1.80. The van der Waals surface area contributed by atoms with Crippen molar-refractivity contribution < 1.29 is 9.90 Å². The van der Waals surface area contributed by atoms with Crippen LogP contribution in [0.5, 0.6) is 0 Å². The van der Waals surface area contributed by atoms with Gasteiger partial charge in [-0.2, -0.15) is 0 Å². The summed E-state index contributed by atoms with van der Waals surface area (Å²) < 4.78 is 0. The second-order valence-electron chi connectivity index (χ2n) is 5.48. The van der Waals surface area contributed by atoms with Crippen LogP contribution in [0.15, 0.2) is 18.3 Å². The first-order chi connectivity index (χ1) is 9.79. The number of carbonyl (C=O) groups excluding carboxylic acids is 1. The average Bonchev–Trinajstić information content (AvgIpc) is 2.94. The Morgan fingerprint density at radius 2 is 2.25 bits per heavy atom. The lowest BCUT2D eigenvalue weighted by Gasteiger charge is -2.05. The van der Waals surface area contributed by atoms with Crippen molar-refractivity contribution in [2.45, 2.75) is 25.7 Å². The molecule has 2 aliphatic rings. The Morgan fingerprint density at radius 3 is 3.00 bits per heavy atom. The highest BCUT2D eigenvalue weighted by molar-refractivity contribution is 5.94. The van der Waals surface area contributed by atoms with Gasteiger partial charge in [-0.1, -0.05) is 18.3 Å². The number of hydrogen-bond acceptors (Lipinski definition) is 3. The molecule has 2 unspecified atom stereocenters. The first-order valence-electron chi connectivity index (χ1n) is 7.16. The third-order valence-corrected chi connectivity index (χ3v) is 4.19. The normalized spacial score (nSPS) is 26.4. The molecule has 1 aromatic heterocycles. The molecule has 0 radical (unpaired) electrons. The molecule has 4 nitrogen and oxygen atoms in total. The number of aliphatic hydroxyl groups excluding tert-OH is 1. The van der Waals surface area contributed by atoms with Crippen LogP contribution in [0, 0.1) is 29.6 Å². The Balaban J connectivity index is 1.62. The van der Waals surface area contributed by atoms with Gasteiger partial charge in [0.2, 0.25) is 5.91 Å². The molecule has 2 fully saturated rings. The van der Waals surface area contributed by atoms with Gasteiger partial charge < -0.3 is 10.4 Å². The van der Waals surface area contributed by atoms with E-state index in [1.165, 1.54) is 19.3 Å². The number of amides is 1. The van der Waals surface area contributed by atoms with Crippen molar-refractivity contribution in [2.24, 2.45) is 17.8 Å². The summed E-state index contributed by atoms with van der Waals surface area (Å²) in [5.41, 5.74) is 0.805. The van der Waals surface area contributed by atoms with E-state index < -0.39 is 0 Å². The molecule has 20 heavy (non-hydrogen) atoms. The summed E-state index contributed by atoms with van der Waals surface area (Å²) in [4.78, 5) is 16.3. The van der Waals surface area contributed by atoms with Crippen LogP contribution in [0.2, 0.25) is 0 Å². The van der Waals surface area contributed by atoms with Crippen LogP contribution < -0.4 is 5.32 Å². The molecular weight excluding hydrogens is 252 g/mol. The Kier molecular flexibility index (Phi) is 3.70. The summed E-state index contributed by atoms with van der Waals surface area (Å²) in [6, 6.07) is 3.58. The van der Waals surface area contributed by atoms with Gasteiger partial charge in [0.15, 0.2) is 0 Å². The maximum absolute atomic E-state index is 12.1. The minimum atomic E-state index is 0.0616. The van der Waals surface area contributed by atoms with E-state index in [9.17, 15) is 4.79 Å². The molecule has 1 amide bonds. The summed E-state index contributed by atoms with van der Waals surface area (Å²) in [5.74, 6) is 7.90. The van der Waals surface area contributed by atoms with E-state index in [0.717, 1.165) is 5.56 Å². The smallest absolute Gasteiger partial charge is 0.229 e. The van der Waals surface area contributed by atoms with E-state index in [-0.39, 0.29) is 18.4 Å². The van der Waals surface area contributed by atoms with Gasteiger partial charge in [0.25, 0.3) is 0 Å². The number of pyridine rings is 1. The number of carbonyl (C=O) groups is 1. The van der Waals surface area contributed by atoms with Crippen LogP contribution in [0.4, 0.5) is 5.82 Å². The fourth-order valence-electron chi connectivity index (χ4n) is 3.22. The number of hydrogen-bond donors (Lipinski definition) is 2. The number of nitrogens with zero attached hydrogens (tertiary/aromatic N) is 1. The van der Waals surface area contributed by atoms with Gasteiger partial charge in [0, 0.05) is 24.1 Å². The van der Waals surface area contributed by atoms with E-state index in [0.29, 0.717) is 24.1 Å². The Labute approximate surface area is 118 Å². The van der Waals surface area contributed by atoms with Crippen LogP contribution >= 0.6 is 0 Å². The van der Waals surface area contributed by atoms with E-state index in [1.54, 1.807) is 18.3 Å². The van der Waals surface area contributed by atoms with Crippen molar-refractivity contribution in [3.05, 3.63) is 23.9 Å². The average molecular weight is 270 g/mol. The first kappa shape index (κ1) is 13.1. The van der Waals surface area contributed by atoms with Crippen LogP contribution in [-0.2, 0) is 4.79 Å². The van der Waals surface area contributed by atoms with Crippen molar-refractivity contribution in [3.8, 4) is 11.8 Å². The molecule has 2 atom stereocenters. The quantitative estimate of drug-likeness (QED) is 0.823. The Morgan fingerprint density at radius 1 is 1.45 bits per heavy atom. The fourth-order valence-corrected chi connectivity index (χ4v) is 3.22. The highest BCUT2D eigenvalue weighted by Gasteiger charge is 2.56. The molecule has 2 aliphatic carbocycles. The van der Waals surface area contributed by atoms with E-state index >= 15 is 0 Å². The summed E-state index contributed by atoms with van der Waals surface area (Å²) in [7, 11) is 0. The van der Waals surface area contributed by atoms with E-state index in [1.807, 2.05) is 0 Å². The monoisotopic (exact) mass is 270 g/mol. The lowest BCUT2D eigenvalue weighted by Crippen LogP contribution is -2.17. The minimum Gasteiger partial charge on any atom is -0.395 e. The van der Waals surface area contributed by atoms with Gasteiger partial charge in [-0.15, -0.1) is 0 Å². The molecule has 2 saturated carbocycles. The molecular formula is C16H18N2O2. The van der Waals surface area contributed by atoms with Crippen LogP contribution in [0.3, 0.4) is 0 Å². The molecule has 0 aliphatic heterocycles. The standard InChI is InChI=1S/C16H18N2O2/c19-9-2-1-4-11-7-8-17-14(10-11)18-16(20)15-12-5-3-6-13(12)15/h7-8,10,12-13,15,19H,2-3,5-6,9H2,(H,17,18,20). The fraction of sp³-hybridized carbons (Fsp3) is 0.500. The minimum absolute atomic E-state index is 0.0616. The molecule has 0 bridgehead atoms. The van der Waals surface area contributed by atoms with Gasteiger partial charge in [0.05, 0.1) is 6.61 Å². The highest BCUT2D eigenvalue weighted by atomic mass is 16.2. The third-order valence-electron chi connectivity index (χ3n) is 4.19. The number of aromatic nitrogens is 1. The zero-order valence-corrected chi connectivity index (χ0v) is 11.3. The van der Waals surface area contributed by atoms with Crippen LogP contribution in [0.1, 0.15) is 31.2 Å². The molecule has 104 valence electrons. The van der Waals surface area contributed by atoms with Gasteiger partial charge in [-0.25, -0.2) is 4.98 Å². The second kappa shape index (κ2) is 5.64. The summed E-state index contributed by atoms with van der Waals surface area (Å²) in [6.45, 7) is 0.0616. The zero-order chi connectivity index (χ0) is 13.9. The molecule has 4 heteroatoms. The maximum atomic E-state index is 12.1. The number of anilines is 1. The SMILES string of the molecule is O=C(Nc1cc(C#CCCO)ccn1)C1C2CCCC21. The lowest BCUT2D eigenvalue weighted by molar-refractivity contribution is -0.118. The van der Waals surface area contributed by atoms with E-state index in [4.69, 9.17) is 5.11 Å². The summed E-state index contributed by atoms with van der Waals surface area (Å²) >= 11 is 0. The maximum Gasteiger partial charge on any atom is 0.229 e. The highest BCUT2D eigenvalue weighted by Crippen LogP contribution is 2.57. The summed E-state index contributed by atoms with van der Waals surface area (Å²) in [5, 5.41) is 11.6. The zero-order valence-electron chi connectivity index (χ0n) is 11.3. The van der Waals surface area contributed by atoms with Crippen molar-refractivity contribution >= 4 is 11.7 Å². The van der Waals surface area contributed by atoms with Crippen LogP contribution in [-0.4, -0.2) is 22.6 Å². The number of aliphatic hydroxyl groups is 1. The van der Waals surface area contributed by atoms with Gasteiger partial charge in [-0.3, -0.25) is 4.79 Å². The lowest BCUT2D eigenvalue weighted by atomic mass is 10.1. The molecule has 3 rings (SSSR count). The van der Waals surface area contributed by atoms with Crippen molar-refractivity contribution in [1.29, 1.82) is 0 Å². The summed E-state index contributed by atoms with van der Waals surface area (Å²) in [6.07, 6.45) is 5.76. The molecule has 1 aromatic rings. The Bertz CT molecular complexity index is 563. The number of rotatable bonds is 3. The molecule has 0 saturated heterocycles. The van der Waals surface area contributed by atoms with Crippen LogP contribution in [0.25, 0.3) is 0 Å². The van der Waals surface area contributed by atoms with Crippen molar-refractivity contribution in [1.82, 2.24) is 4.98 Å². The van der Waals surface area contributed by atoms with E-state index in [2.05, 4.69) is 22.1 Å². The largest absolute Gasteiger partial charge is 0.395 e. The number of fused-ring (bicyclic) bond motifs is 1. The van der Waals surface area contributed by atoms with Gasteiger partial charge in [-0.05, 0) is 36.8 Å². The number of nitrogens with one attached hydrogen (secondary N) is 1. The Hall–Kier alpha value is -1.86. The molecule has 1 heterocycles. The first-order valence-corrected chi connectivity index (χ1v) is 7.16.